The molecule has 0 bridgehead atoms. The number of aliphatic hydroxyl groups excluding tert-OH is 1. The van der Waals surface area contributed by atoms with E-state index >= 15 is 0 Å². The first-order chi connectivity index (χ1) is 12.1. The van der Waals surface area contributed by atoms with Gasteiger partial charge in [0.15, 0.2) is 0 Å². The molecule has 25 heavy (non-hydrogen) atoms. The van der Waals surface area contributed by atoms with Crippen LogP contribution in [0, 0.1) is 6.92 Å². The molecule has 0 saturated carbocycles. The summed E-state index contributed by atoms with van der Waals surface area (Å²) < 4.78 is 1.52. The lowest BCUT2D eigenvalue weighted by Gasteiger charge is -2.35. The van der Waals surface area contributed by atoms with E-state index in [-0.39, 0.29) is 30.5 Å². The number of benzene rings is 1. The molecule has 1 N–H and O–H groups in total. The zero-order valence-corrected chi connectivity index (χ0v) is 14.6. The molecular formula is C19H25N3O3. The van der Waals surface area contributed by atoms with E-state index in [4.69, 9.17) is 0 Å². The summed E-state index contributed by atoms with van der Waals surface area (Å²) in [6.45, 7) is 3.10. The Morgan fingerprint density at radius 3 is 3.00 bits per heavy atom. The zero-order valence-electron chi connectivity index (χ0n) is 14.6. The van der Waals surface area contributed by atoms with Crippen molar-refractivity contribution in [2.45, 2.75) is 51.6 Å². The minimum atomic E-state index is -0.105. The Hall–Kier alpha value is -2.21. The highest BCUT2D eigenvalue weighted by Crippen LogP contribution is 2.20. The fraction of sp³-hybridized carbons (Fsp3) is 0.526. The summed E-state index contributed by atoms with van der Waals surface area (Å²) in [7, 11) is 0. The van der Waals surface area contributed by atoms with E-state index in [0.29, 0.717) is 23.9 Å². The van der Waals surface area contributed by atoms with Crippen LogP contribution in [0.15, 0.2) is 29.3 Å². The van der Waals surface area contributed by atoms with Crippen molar-refractivity contribution in [2.75, 3.05) is 13.2 Å². The number of fused-ring (bicyclic) bond motifs is 1. The summed E-state index contributed by atoms with van der Waals surface area (Å²) in [5.41, 5.74) is 1.58. The number of aryl methyl sites for hydroxylation is 2. The van der Waals surface area contributed by atoms with Crippen LogP contribution in [-0.4, -0.2) is 44.7 Å². The number of carbonyl (C=O) groups is 1. The molecule has 0 aliphatic carbocycles. The van der Waals surface area contributed by atoms with Crippen molar-refractivity contribution < 1.29 is 9.90 Å². The lowest BCUT2D eigenvalue weighted by atomic mass is 9.99. The van der Waals surface area contributed by atoms with Crippen LogP contribution in [0.25, 0.3) is 10.9 Å². The van der Waals surface area contributed by atoms with Crippen LogP contribution in [0.3, 0.4) is 0 Å². The maximum Gasteiger partial charge on any atom is 0.261 e. The Balaban J connectivity index is 1.73. The first-order valence-electron chi connectivity index (χ1n) is 8.97. The normalized spacial score (nSPS) is 17.8. The minimum Gasteiger partial charge on any atom is -0.396 e. The third kappa shape index (κ3) is 3.74. The minimum absolute atomic E-state index is 0.0504. The fourth-order valence-electron chi connectivity index (χ4n) is 3.63. The molecule has 2 heterocycles. The number of likely N-dealkylation sites (tertiary alicyclic amines) is 1. The molecule has 1 fully saturated rings. The number of aliphatic hydroxyl groups is 1. The van der Waals surface area contributed by atoms with E-state index in [1.807, 2.05) is 24.0 Å². The Morgan fingerprint density at radius 1 is 1.36 bits per heavy atom. The summed E-state index contributed by atoms with van der Waals surface area (Å²) >= 11 is 0. The average Bonchev–Trinajstić information content (AvgIpc) is 2.62. The average molecular weight is 343 g/mol. The van der Waals surface area contributed by atoms with Crippen LogP contribution in [0.4, 0.5) is 0 Å². The number of para-hydroxylation sites is 1. The van der Waals surface area contributed by atoms with Gasteiger partial charge in [-0.2, -0.15) is 0 Å². The second-order valence-electron chi connectivity index (χ2n) is 6.71. The number of hydrogen-bond acceptors (Lipinski definition) is 4. The van der Waals surface area contributed by atoms with Gasteiger partial charge in [0.2, 0.25) is 5.91 Å². The molecule has 1 aromatic heterocycles. The number of amides is 1. The van der Waals surface area contributed by atoms with Gasteiger partial charge in [-0.05, 0) is 44.2 Å². The van der Waals surface area contributed by atoms with E-state index in [1.54, 1.807) is 6.07 Å². The largest absolute Gasteiger partial charge is 0.396 e. The van der Waals surface area contributed by atoms with Gasteiger partial charge >= 0.3 is 0 Å². The molecule has 6 nitrogen and oxygen atoms in total. The van der Waals surface area contributed by atoms with E-state index in [1.165, 1.54) is 10.9 Å². The first-order valence-corrected chi connectivity index (χ1v) is 8.97. The van der Waals surface area contributed by atoms with Crippen LogP contribution in [-0.2, 0) is 11.3 Å². The van der Waals surface area contributed by atoms with E-state index in [2.05, 4.69) is 4.98 Å². The van der Waals surface area contributed by atoms with Gasteiger partial charge < -0.3 is 10.0 Å². The molecule has 1 aliphatic heterocycles. The molecule has 1 unspecified atom stereocenters. The topological polar surface area (TPSA) is 75.4 Å². The van der Waals surface area contributed by atoms with Crippen molar-refractivity contribution in [1.29, 1.82) is 0 Å². The molecule has 1 aliphatic rings. The number of rotatable bonds is 5. The maximum atomic E-state index is 12.6. The highest BCUT2D eigenvalue weighted by molar-refractivity contribution is 5.80. The molecular weight excluding hydrogens is 318 g/mol. The number of carbonyl (C=O) groups excluding carboxylic acids is 1. The lowest BCUT2D eigenvalue weighted by Crippen LogP contribution is -2.44. The predicted octanol–water partition coefficient (Wildman–Crippen LogP) is 1.86. The van der Waals surface area contributed by atoms with Gasteiger partial charge in [-0.1, -0.05) is 12.1 Å². The first kappa shape index (κ1) is 17.6. The molecule has 1 atom stereocenters. The van der Waals surface area contributed by atoms with Crippen molar-refractivity contribution in [3.05, 3.63) is 40.4 Å². The van der Waals surface area contributed by atoms with Gasteiger partial charge in [-0.3, -0.25) is 14.2 Å². The van der Waals surface area contributed by atoms with E-state index in [9.17, 15) is 14.7 Å². The van der Waals surface area contributed by atoms with Crippen molar-refractivity contribution in [3.8, 4) is 0 Å². The van der Waals surface area contributed by atoms with Gasteiger partial charge in [0.1, 0.15) is 0 Å². The third-order valence-corrected chi connectivity index (χ3v) is 5.03. The number of piperidine rings is 1. The van der Waals surface area contributed by atoms with E-state index in [0.717, 1.165) is 31.4 Å². The summed E-state index contributed by atoms with van der Waals surface area (Å²) in [6.07, 6.45) is 5.49. The number of nitrogens with zero attached hydrogens (tertiary/aromatic N) is 3. The summed E-state index contributed by atoms with van der Waals surface area (Å²) in [5, 5.41) is 9.78. The smallest absolute Gasteiger partial charge is 0.261 e. The highest BCUT2D eigenvalue weighted by atomic mass is 16.3. The summed E-state index contributed by atoms with van der Waals surface area (Å²) in [4.78, 5) is 31.5. The van der Waals surface area contributed by atoms with E-state index < -0.39 is 0 Å². The Bertz CT molecular complexity index is 813. The van der Waals surface area contributed by atoms with Gasteiger partial charge in [0.25, 0.3) is 5.56 Å². The van der Waals surface area contributed by atoms with Gasteiger partial charge in [-0.15, -0.1) is 0 Å². The lowest BCUT2D eigenvalue weighted by molar-refractivity contribution is -0.135. The molecule has 3 rings (SSSR count). The second kappa shape index (κ2) is 7.78. The number of aromatic nitrogens is 2. The molecule has 2 aromatic rings. The Labute approximate surface area is 147 Å². The summed E-state index contributed by atoms with van der Waals surface area (Å²) in [6, 6.07) is 5.68. The molecule has 1 aromatic carbocycles. The zero-order chi connectivity index (χ0) is 17.8. The van der Waals surface area contributed by atoms with Crippen LogP contribution in [0.1, 0.15) is 37.7 Å². The van der Waals surface area contributed by atoms with Gasteiger partial charge in [0, 0.05) is 32.2 Å². The molecule has 6 heteroatoms. The van der Waals surface area contributed by atoms with Crippen molar-refractivity contribution in [1.82, 2.24) is 14.5 Å². The van der Waals surface area contributed by atoms with Crippen LogP contribution in [0.5, 0.6) is 0 Å². The highest BCUT2D eigenvalue weighted by Gasteiger charge is 2.25. The van der Waals surface area contributed by atoms with Gasteiger partial charge in [0.05, 0.1) is 17.2 Å². The molecule has 0 spiro atoms. The Morgan fingerprint density at radius 2 is 2.20 bits per heavy atom. The fourth-order valence-corrected chi connectivity index (χ4v) is 3.63. The summed E-state index contributed by atoms with van der Waals surface area (Å²) in [5.74, 6) is 0.0504. The van der Waals surface area contributed by atoms with Crippen molar-refractivity contribution >= 4 is 16.8 Å². The van der Waals surface area contributed by atoms with Crippen LogP contribution in [0.2, 0.25) is 0 Å². The molecule has 134 valence electrons. The maximum absolute atomic E-state index is 12.6. The molecule has 1 amide bonds. The molecule has 0 radical (unpaired) electrons. The SMILES string of the molecule is Cc1cccc2c(=O)n(CCC(=O)N3CCCCC3CCO)cnc12. The van der Waals surface area contributed by atoms with Crippen LogP contribution >= 0.6 is 0 Å². The monoisotopic (exact) mass is 343 g/mol. The quantitative estimate of drug-likeness (QED) is 0.899. The second-order valence-corrected chi connectivity index (χ2v) is 6.71. The predicted molar refractivity (Wildman–Crippen MR) is 96.4 cm³/mol. The van der Waals surface area contributed by atoms with Crippen molar-refractivity contribution in [3.63, 3.8) is 0 Å². The van der Waals surface area contributed by atoms with Crippen molar-refractivity contribution in [2.24, 2.45) is 0 Å². The molecule has 1 saturated heterocycles. The third-order valence-electron chi connectivity index (χ3n) is 5.03. The van der Waals surface area contributed by atoms with Crippen LogP contribution < -0.4 is 5.56 Å². The number of hydrogen-bond donors (Lipinski definition) is 1. The Kier molecular flexibility index (Phi) is 5.48. The van der Waals surface area contributed by atoms with Gasteiger partial charge in [-0.25, -0.2) is 4.98 Å². The standard InChI is InChI=1S/C19H25N3O3/c1-14-5-4-7-16-18(14)20-13-21(19(16)25)11-8-17(24)22-10-3-2-6-15(22)9-12-23/h4-5,7,13,15,23H,2-3,6,8-12H2,1H3.